The van der Waals surface area contributed by atoms with E-state index < -0.39 is 0 Å². The highest BCUT2D eigenvalue weighted by Crippen LogP contribution is 2.49. The highest BCUT2D eigenvalue weighted by molar-refractivity contribution is 7.80. The van der Waals surface area contributed by atoms with Crippen molar-refractivity contribution in [2.24, 2.45) is 5.41 Å². The Morgan fingerprint density at radius 1 is 1.37 bits per heavy atom. The average Bonchev–Trinajstić information content (AvgIpc) is 3.19. The molecule has 0 atom stereocenters. The smallest absolute Gasteiger partial charge is 0.224 e. The van der Waals surface area contributed by atoms with Crippen LogP contribution in [0.4, 0.5) is 5.69 Å². The van der Waals surface area contributed by atoms with Gasteiger partial charge in [-0.15, -0.1) is 0 Å². The molecule has 0 unspecified atom stereocenters. The number of carbonyl (C=O) groups excluding carboxylic acids is 1. The molecule has 1 aliphatic carbocycles. The standard InChI is InChI=1S/C15H16N2OS/c18-14(8-15(10-19)5-6-15)17-13-3-1-2-11-4-7-16-9-12(11)13/h1-4,7,9,19H,5-6,8,10H2,(H,17,18). The lowest BCUT2D eigenvalue weighted by Gasteiger charge is -2.13. The molecule has 0 aliphatic heterocycles. The van der Waals surface area contributed by atoms with E-state index in [1.165, 1.54) is 0 Å². The number of thiol groups is 1. The van der Waals surface area contributed by atoms with Crippen LogP contribution >= 0.6 is 12.6 Å². The molecule has 1 aromatic heterocycles. The molecule has 2 aromatic rings. The normalized spacial score (nSPS) is 16.3. The third-order valence-electron chi connectivity index (χ3n) is 3.79. The molecule has 1 aromatic carbocycles. The topological polar surface area (TPSA) is 42.0 Å². The van der Waals surface area contributed by atoms with Crippen molar-refractivity contribution in [3.8, 4) is 0 Å². The number of hydrogen-bond donors (Lipinski definition) is 2. The second-order valence-corrected chi connectivity index (χ2v) is 5.60. The van der Waals surface area contributed by atoms with Gasteiger partial charge in [0, 0.05) is 24.2 Å². The van der Waals surface area contributed by atoms with E-state index in [9.17, 15) is 4.79 Å². The molecule has 1 amide bonds. The van der Waals surface area contributed by atoms with Crippen LogP contribution in [0.1, 0.15) is 19.3 Å². The van der Waals surface area contributed by atoms with Gasteiger partial charge in [-0.3, -0.25) is 9.78 Å². The van der Waals surface area contributed by atoms with E-state index in [0.29, 0.717) is 6.42 Å². The molecule has 1 aliphatic rings. The Hall–Kier alpha value is -1.55. The van der Waals surface area contributed by atoms with Gasteiger partial charge in [0.25, 0.3) is 0 Å². The van der Waals surface area contributed by atoms with Gasteiger partial charge in [-0.2, -0.15) is 12.6 Å². The van der Waals surface area contributed by atoms with Crippen LogP contribution in [0, 0.1) is 5.41 Å². The van der Waals surface area contributed by atoms with Crippen LogP contribution < -0.4 is 5.32 Å². The summed E-state index contributed by atoms with van der Waals surface area (Å²) >= 11 is 4.33. The molecular weight excluding hydrogens is 256 g/mol. The maximum Gasteiger partial charge on any atom is 0.224 e. The van der Waals surface area contributed by atoms with Crippen LogP contribution in [0.25, 0.3) is 10.8 Å². The Balaban J connectivity index is 1.80. The first-order chi connectivity index (χ1) is 9.22. The fourth-order valence-corrected chi connectivity index (χ4v) is 2.75. The second-order valence-electron chi connectivity index (χ2n) is 5.29. The van der Waals surface area contributed by atoms with Crippen LogP contribution in [0.5, 0.6) is 0 Å². The quantitative estimate of drug-likeness (QED) is 0.839. The van der Waals surface area contributed by atoms with Crippen molar-refractivity contribution in [2.75, 3.05) is 11.1 Å². The molecule has 1 N–H and O–H groups in total. The Labute approximate surface area is 117 Å². The molecule has 98 valence electrons. The largest absolute Gasteiger partial charge is 0.325 e. The Morgan fingerprint density at radius 3 is 2.95 bits per heavy atom. The lowest BCUT2D eigenvalue weighted by molar-refractivity contribution is -0.117. The van der Waals surface area contributed by atoms with Crippen LogP contribution in [0.3, 0.4) is 0 Å². The summed E-state index contributed by atoms with van der Waals surface area (Å²) < 4.78 is 0. The van der Waals surface area contributed by atoms with Crippen molar-refractivity contribution in [1.82, 2.24) is 4.98 Å². The predicted octanol–water partition coefficient (Wildman–Crippen LogP) is 3.27. The Morgan fingerprint density at radius 2 is 2.21 bits per heavy atom. The maximum absolute atomic E-state index is 12.1. The van der Waals surface area contributed by atoms with Gasteiger partial charge in [-0.1, -0.05) is 12.1 Å². The summed E-state index contributed by atoms with van der Waals surface area (Å²) in [6.45, 7) is 0. The SMILES string of the molecule is O=C(CC1(CS)CC1)Nc1cccc2ccncc12. The van der Waals surface area contributed by atoms with Crippen molar-refractivity contribution in [3.05, 3.63) is 36.7 Å². The molecule has 0 spiro atoms. The zero-order chi connectivity index (χ0) is 13.3. The van der Waals surface area contributed by atoms with Crippen LogP contribution in [-0.4, -0.2) is 16.6 Å². The van der Waals surface area contributed by atoms with Crippen molar-refractivity contribution in [2.45, 2.75) is 19.3 Å². The number of amides is 1. The van der Waals surface area contributed by atoms with Gasteiger partial charge in [-0.05, 0) is 41.5 Å². The second kappa shape index (κ2) is 4.85. The number of carbonyl (C=O) groups is 1. The number of hydrogen-bond acceptors (Lipinski definition) is 3. The van der Waals surface area contributed by atoms with Gasteiger partial charge < -0.3 is 5.32 Å². The summed E-state index contributed by atoms with van der Waals surface area (Å²) in [5.74, 6) is 0.861. The summed E-state index contributed by atoms with van der Waals surface area (Å²) in [6.07, 6.45) is 6.33. The minimum absolute atomic E-state index is 0.0721. The van der Waals surface area contributed by atoms with E-state index in [0.717, 1.165) is 35.1 Å². The summed E-state index contributed by atoms with van der Waals surface area (Å²) in [5, 5.41) is 5.07. The van der Waals surface area contributed by atoms with Gasteiger partial charge in [0.15, 0.2) is 0 Å². The molecule has 1 heterocycles. The highest BCUT2D eigenvalue weighted by Gasteiger charge is 2.42. The molecule has 0 bridgehead atoms. The first-order valence-electron chi connectivity index (χ1n) is 6.46. The van der Waals surface area contributed by atoms with E-state index in [1.807, 2.05) is 24.3 Å². The van der Waals surface area contributed by atoms with Crippen molar-refractivity contribution in [3.63, 3.8) is 0 Å². The zero-order valence-electron chi connectivity index (χ0n) is 10.6. The highest BCUT2D eigenvalue weighted by atomic mass is 32.1. The number of aromatic nitrogens is 1. The molecule has 0 radical (unpaired) electrons. The predicted molar refractivity (Wildman–Crippen MR) is 80.5 cm³/mol. The Bertz CT molecular complexity index is 617. The molecular formula is C15H16N2OS. The van der Waals surface area contributed by atoms with Crippen molar-refractivity contribution >= 4 is 35.0 Å². The van der Waals surface area contributed by atoms with Crippen LogP contribution in [-0.2, 0) is 4.79 Å². The molecule has 3 nitrogen and oxygen atoms in total. The number of fused-ring (bicyclic) bond motifs is 1. The van der Waals surface area contributed by atoms with E-state index >= 15 is 0 Å². The number of anilines is 1. The Kier molecular flexibility index (Phi) is 3.19. The lowest BCUT2D eigenvalue weighted by Crippen LogP contribution is -2.18. The minimum atomic E-state index is 0.0721. The number of benzene rings is 1. The third kappa shape index (κ3) is 2.59. The van der Waals surface area contributed by atoms with E-state index in [-0.39, 0.29) is 11.3 Å². The molecule has 3 rings (SSSR count). The number of pyridine rings is 1. The molecule has 0 saturated heterocycles. The van der Waals surface area contributed by atoms with E-state index in [2.05, 4.69) is 22.9 Å². The van der Waals surface area contributed by atoms with Crippen molar-refractivity contribution in [1.29, 1.82) is 0 Å². The van der Waals surface area contributed by atoms with E-state index in [4.69, 9.17) is 0 Å². The fourth-order valence-electron chi connectivity index (χ4n) is 2.32. The van der Waals surface area contributed by atoms with Crippen LogP contribution in [0.2, 0.25) is 0 Å². The van der Waals surface area contributed by atoms with Gasteiger partial charge in [0.2, 0.25) is 5.91 Å². The lowest BCUT2D eigenvalue weighted by atomic mass is 10.0. The summed E-state index contributed by atoms with van der Waals surface area (Å²) in [4.78, 5) is 16.2. The third-order valence-corrected chi connectivity index (χ3v) is 4.46. The molecule has 1 saturated carbocycles. The first kappa shape index (κ1) is 12.5. The fraction of sp³-hybridized carbons (Fsp3) is 0.333. The van der Waals surface area contributed by atoms with Gasteiger partial charge in [0.1, 0.15) is 0 Å². The monoisotopic (exact) mass is 272 g/mol. The number of rotatable bonds is 4. The number of nitrogens with zero attached hydrogens (tertiary/aromatic N) is 1. The minimum Gasteiger partial charge on any atom is -0.325 e. The first-order valence-corrected chi connectivity index (χ1v) is 7.09. The maximum atomic E-state index is 12.1. The van der Waals surface area contributed by atoms with Gasteiger partial charge >= 0.3 is 0 Å². The molecule has 1 fully saturated rings. The summed E-state index contributed by atoms with van der Waals surface area (Å²) in [7, 11) is 0. The molecule has 4 heteroatoms. The zero-order valence-corrected chi connectivity index (χ0v) is 11.5. The average molecular weight is 272 g/mol. The van der Waals surface area contributed by atoms with Crippen molar-refractivity contribution < 1.29 is 4.79 Å². The summed E-state index contributed by atoms with van der Waals surface area (Å²) in [5.41, 5.74) is 0.987. The van der Waals surface area contributed by atoms with Gasteiger partial charge in [-0.25, -0.2) is 0 Å². The molecule has 19 heavy (non-hydrogen) atoms. The summed E-state index contributed by atoms with van der Waals surface area (Å²) in [6, 6.07) is 7.83. The van der Waals surface area contributed by atoms with Gasteiger partial charge in [0.05, 0.1) is 5.69 Å². The van der Waals surface area contributed by atoms with E-state index in [1.54, 1.807) is 12.4 Å². The number of nitrogens with one attached hydrogen (secondary N) is 1. The van der Waals surface area contributed by atoms with Crippen LogP contribution in [0.15, 0.2) is 36.7 Å².